The summed E-state index contributed by atoms with van der Waals surface area (Å²) in [6.45, 7) is 1.64. The summed E-state index contributed by atoms with van der Waals surface area (Å²) < 4.78 is 29.2. The topological polar surface area (TPSA) is 63.2 Å². The molecule has 0 radical (unpaired) electrons. The maximum absolute atomic E-state index is 14.7. The summed E-state index contributed by atoms with van der Waals surface area (Å²) >= 11 is 6.00. The molecule has 160 valence electrons. The SMILES string of the molecule is CCC(=O)N(C)c1ccc(-c2ccc(C(=O)CCc3cccnc3Cl)nc2)c(F)c1F. The van der Waals surface area contributed by atoms with E-state index in [1.165, 1.54) is 37.5 Å². The van der Waals surface area contributed by atoms with Crippen LogP contribution in [0.3, 0.4) is 0 Å². The number of ketones is 1. The Labute approximate surface area is 183 Å². The second-order valence-corrected chi connectivity index (χ2v) is 7.23. The predicted octanol–water partition coefficient (Wildman–Crippen LogP) is 5.26. The number of halogens is 3. The summed E-state index contributed by atoms with van der Waals surface area (Å²) in [6, 6.07) is 9.25. The maximum atomic E-state index is 14.7. The summed E-state index contributed by atoms with van der Waals surface area (Å²) in [5.41, 5.74) is 1.15. The van der Waals surface area contributed by atoms with Crippen molar-refractivity contribution in [3.63, 3.8) is 0 Å². The number of carbonyl (C=O) groups is 2. The van der Waals surface area contributed by atoms with Crippen molar-refractivity contribution in [3.8, 4) is 11.1 Å². The normalized spacial score (nSPS) is 10.7. The van der Waals surface area contributed by atoms with E-state index in [9.17, 15) is 18.4 Å². The molecule has 2 heterocycles. The molecule has 1 amide bonds. The highest BCUT2D eigenvalue weighted by atomic mass is 35.5. The smallest absolute Gasteiger partial charge is 0.226 e. The first-order chi connectivity index (χ1) is 14.8. The summed E-state index contributed by atoms with van der Waals surface area (Å²) in [5.74, 6) is -2.73. The average molecular weight is 444 g/mol. The van der Waals surface area contributed by atoms with Gasteiger partial charge in [0.1, 0.15) is 10.8 Å². The summed E-state index contributed by atoms with van der Waals surface area (Å²) in [5, 5.41) is 0.353. The van der Waals surface area contributed by atoms with Crippen LogP contribution in [-0.4, -0.2) is 28.7 Å². The van der Waals surface area contributed by atoms with Crippen LogP contribution in [0.4, 0.5) is 14.5 Å². The molecule has 0 aliphatic rings. The Hall–Kier alpha value is -3.19. The van der Waals surface area contributed by atoms with Gasteiger partial charge in [-0.1, -0.05) is 30.7 Å². The van der Waals surface area contributed by atoms with Crippen LogP contribution >= 0.6 is 11.6 Å². The molecular formula is C23H20ClF2N3O2. The quantitative estimate of drug-likeness (QED) is 0.369. The third-order valence-electron chi connectivity index (χ3n) is 4.92. The van der Waals surface area contributed by atoms with E-state index in [1.54, 1.807) is 25.3 Å². The van der Waals surface area contributed by atoms with Crippen molar-refractivity contribution >= 4 is 29.0 Å². The van der Waals surface area contributed by atoms with E-state index in [1.807, 2.05) is 0 Å². The minimum absolute atomic E-state index is 0.00719. The first-order valence-corrected chi connectivity index (χ1v) is 10.0. The minimum atomic E-state index is -1.12. The van der Waals surface area contributed by atoms with E-state index >= 15 is 0 Å². The standard InChI is InChI=1S/C23H20ClF2N3O2/c1-3-20(31)29(2)18-10-8-16(21(25)22(18)26)15-6-9-17(28-13-15)19(30)11-7-14-5-4-12-27-23(14)24/h4-6,8-10,12-13H,3,7,11H2,1-2H3. The molecule has 31 heavy (non-hydrogen) atoms. The first kappa shape index (κ1) is 22.5. The number of aryl methyl sites for hydroxylation is 1. The lowest BCUT2D eigenvalue weighted by Crippen LogP contribution is -2.26. The molecule has 0 saturated carbocycles. The van der Waals surface area contributed by atoms with Gasteiger partial charge in [-0.25, -0.2) is 13.8 Å². The third-order valence-corrected chi connectivity index (χ3v) is 5.26. The summed E-state index contributed by atoms with van der Waals surface area (Å²) in [4.78, 5) is 33.4. The Morgan fingerprint density at radius 2 is 1.84 bits per heavy atom. The molecule has 1 aromatic carbocycles. The largest absolute Gasteiger partial charge is 0.313 e. The van der Waals surface area contributed by atoms with Gasteiger partial charge in [-0.05, 0) is 36.2 Å². The first-order valence-electron chi connectivity index (χ1n) is 9.67. The molecule has 2 aromatic heterocycles. The lowest BCUT2D eigenvalue weighted by atomic mass is 10.0. The van der Waals surface area contributed by atoms with E-state index in [4.69, 9.17) is 11.6 Å². The molecule has 3 rings (SSSR count). The van der Waals surface area contributed by atoms with Crippen LogP contribution in [0, 0.1) is 11.6 Å². The van der Waals surface area contributed by atoms with Gasteiger partial charge in [0.05, 0.1) is 5.69 Å². The van der Waals surface area contributed by atoms with Gasteiger partial charge in [0, 0.05) is 43.4 Å². The number of aromatic nitrogens is 2. The van der Waals surface area contributed by atoms with Crippen molar-refractivity contribution < 1.29 is 18.4 Å². The van der Waals surface area contributed by atoms with Gasteiger partial charge in [0.25, 0.3) is 0 Å². The molecule has 0 spiro atoms. The van der Waals surface area contributed by atoms with Gasteiger partial charge in [-0.15, -0.1) is 0 Å². The Morgan fingerprint density at radius 3 is 2.48 bits per heavy atom. The van der Waals surface area contributed by atoms with Gasteiger partial charge in [-0.2, -0.15) is 0 Å². The number of hydrogen-bond acceptors (Lipinski definition) is 4. The fourth-order valence-electron chi connectivity index (χ4n) is 3.09. The molecule has 0 aliphatic carbocycles. The molecule has 3 aromatic rings. The van der Waals surface area contributed by atoms with Crippen molar-refractivity contribution in [1.82, 2.24) is 9.97 Å². The number of rotatable bonds is 7. The number of pyridine rings is 2. The van der Waals surface area contributed by atoms with Gasteiger partial charge < -0.3 is 4.90 Å². The van der Waals surface area contributed by atoms with Crippen LogP contribution in [0.1, 0.15) is 35.8 Å². The number of Topliss-reactive ketones (excluding diaryl/α,β-unsaturated/α-hetero) is 1. The van der Waals surface area contributed by atoms with Gasteiger partial charge in [0.2, 0.25) is 5.91 Å². The van der Waals surface area contributed by atoms with Crippen LogP contribution in [0.15, 0.2) is 48.8 Å². The number of amides is 1. The highest BCUT2D eigenvalue weighted by molar-refractivity contribution is 6.30. The van der Waals surface area contributed by atoms with Crippen molar-refractivity contribution in [3.05, 3.63) is 76.8 Å². The van der Waals surface area contributed by atoms with Gasteiger partial charge in [0.15, 0.2) is 17.4 Å². The summed E-state index contributed by atoms with van der Waals surface area (Å²) in [7, 11) is 1.39. The van der Waals surface area contributed by atoms with Crippen molar-refractivity contribution in [2.45, 2.75) is 26.2 Å². The zero-order chi connectivity index (χ0) is 22.5. The Morgan fingerprint density at radius 1 is 1.06 bits per heavy atom. The maximum Gasteiger partial charge on any atom is 0.226 e. The van der Waals surface area contributed by atoms with Crippen molar-refractivity contribution in [2.24, 2.45) is 0 Å². The molecule has 0 bridgehead atoms. The number of anilines is 1. The Bertz CT molecular complexity index is 1120. The lowest BCUT2D eigenvalue weighted by Gasteiger charge is -2.18. The second-order valence-electron chi connectivity index (χ2n) is 6.88. The highest BCUT2D eigenvalue weighted by Gasteiger charge is 2.20. The molecule has 0 unspecified atom stereocenters. The third kappa shape index (κ3) is 4.94. The number of hydrogen-bond donors (Lipinski definition) is 0. The van der Waals surface area contributed by atoms with E-state index in [0.717, 1.165) is 10.5 Å². The van der Waals surface area contributed by atoms with Crippen LogP contribution in [-0.2, 0) is 11.2 Å². The van der Waals surface area contributed by atoms with Crippen LogP contribution in [0.25, 0.3) is 11.1 Å². The predicted molar refractivity (Wildman–Crippen MR) is 115 cm³/mol. The second kappa shape index (κ2) is 9.75. The Balaban J connectivity index is 1.76. The van der Waals surface area contributed by atoms with Crippen molar-refractivity contribution in [1.29, 1.82) is 0 Å². The molecule has 0 atom stereocenters. The Kier molecular flexibility index (Phi) is 7.07. The van der Waals surface area contributed by atoms with Crippen molar-refractivity contribution in [2.75, 3.05) is 11.9 Å². The van der Waals surface area contributed by atoms with E-state index in [2.05, 4.69) is 9.97 Å². The fraction of sp³-hybridized carbons (Fsp3) is 0.217. The molecule has 0 saturated heterocycles. The zero-order valence-electron chi connectivity index (χ0n) is 17.0. The van der Waals surface area contributed by atoms with Gasteiger partial charge in [-0.3, -0.25) is 14.6 Å². The van der Waals surface area contributed by atoms with Crippen LogP contribution < -0.4 is 4.90 Å². The fourth-order valence-corrected chi connectivity index (χ4v) is 3.31. The number of nitrogens with zero attached hydrogens (tertiary/aromatic N) is 3. The van der Waals surface area contributed by atoms with E-state index in [-0.39, 0.29) is 41.5 Å². The lowest BCUT2D eigenvalue weighted by molar-refractivity contribution is -0.118. The van der Waals surface area contributed by atoms with Crippen LogP contribution in [0.5, 0.6) is 0 Å². The average Bonchev–Trinajstić information content (AvgIpc) is 2.79. The highest BCUT2D eigenvalue weighted by Crippen LogP contribution is 2.30. The molecule has 5 nitrogen and oxygen atoms in total. The zero-order valence-corrected chi connectivity index (χ0v) is 17.8. The van der Waals surface area contributed by atoms with Crippen LogP contribution in [0.2, 0.25) is 5.15 Å². The molecular weight excluding hydrogens is 424 g/mol. The molecule has 0 aliphatic heterocycles. The molecule has 8 heteroatoms. The van der Waals surface area contributed by atoms with E-state index in [0.29, 0.717) is 17.1 Å². The number of benzene rings is 1. The number of carbonyl (C=O) groups excluding carboxylic acids is 2. The molecule has 0 fully saturated rings. The monoisotopic (exact) mass is 443 g/mol. The minimum Gasteiger partial charge on any atom is -0.313 e. The van der Waals surface area contributed by atoms with Gasteiger partial charge >= 0.3 is 0 Å². The summed E-state index contributed by atoms with van der Waals surface area (Å²) in [6.07, 6.45) is 3.67. The van der Waals surface area contributed by atoms with E-state index < -0.39 is 11.6 Å². The molecule has 0 N–H and O–H groups in total.